The van der Waals surface area contributed by atoms with Crippen molar-refractivity contribution >= 4 is 27.5 Å². The first-order chi connectivity index (χ1) is 7.67. The van der Waals surface area contributed by atoms with Crippen molar-refractivity contribution in [1.29, 1.82) is 0 Å². The monoisotopic (exact) mass is 304 g/mol. The van der Waals surface area contributed by atoms with E-state index in [0.29, 0.717) is 11.8 Å². The molecule has 1 aromatic carbocycles. The maximum atomic E-state index is 5.98. The molecule has 0 aliphatic heterocycles. The Bertz CT molecular complexity index is 317. The summed E-state index contributed by atoms with van der Waals surface area (Å²) in [5.41, 5.74) is 1.29. The average Bonchev–Trinajstić information content (AvgIpc) is 2.26. The highest BCUT2D eigenvalue weighted by Gasteiger charge is 2.16. The second-order valence-corrected chi connectivity index (χ2v) is 5.26. The van der Waals surface area contributed by atoms with Crippen molar-refractivity contribution in [2.75, 3.05) is 19.0 Å². The molecule has 2 atom stereocenters. The van der Waals surface area contributed by atoms with Gasteiger partial charge in [0.2, 0.25) is 0 Å². The van der Waals surface area contributed by atoms with E-state index in [4.69, 9.17) is 16.3 Å². The van der Waals surface area contributed by atoms with Gasteiger partial charge in [0.15, 0.2) is 0 Å². The fourth-order valence-corrected chi connectivity index (χ4v) is 2.85. The molecule has 0 aromatic heterocycles. The van der Waals surface area contributed by atoms with Gasteiger partial charge in [0.05, 0.1) is 0 Å². The molecule has 0 heterocycles. The molecule has 0 aliphatic rings. The molecule has 0 aliphatic carbocycles. The van der Waals surface area contributed by atoms with E-state index in [9.17, 15) is 0 Å². The quantitative estimate of drug-likeness (QED) is 0.717. The van der Waals surface area contributed by atoms with Crippen LogP contribution in [0, 0.1) is 11.8 Å². The van der Waals surface area contributed by atoms with Crippen LogP contribution in [0.1, 0.15) is 12.5 Å². The first-order valence-electron chi connectivity index (χ1n) is 5.46. The van der Waals surface area contributed by atoms with Crippen molar-refractivity contribution in [2.45, 2.75) is 13.3 Å². The molecule has 0 amide bonds. The second kappa shape index (κ2) is 7.31. The zero-order valence-corrected chi connectivity index (χ0v) is 12.1. The largest absolute Gasteiger partial charge is 0.384 e. The average molecular weight is 306 g/mol. The van der Waals surface area contributed by atoms with Crippen molar-refractivity contribution in [2.24, 2.45) is 11.8 Å². The van der Waals surface area contributed by atoms with Crippen molar-refractivity contribution < 1.29 is 4.74 Å². The lowest BCUT2D eigenvalue weighted by atomic mass is 9.90. The summed E-state index contributed by atoms with van der Waals surface area (Å²) in [6.07, 6.45) is 1.04. The lowest BCUT2D eigenvalue weighted by Gasteiger charge is -2.21. The maximum absolute atomic E-state index is 5.98. The highest BCUT2D eigenvalue weighted by molar-refractivity contribution is 9.09. The van der Waals surface area contributed by atoms with Gasteiger partial charge in [-0.3, -0.25) is 0 Å². The van der Waals surface area contributed by atoms with Gasteiger partial charge in [0, 0.05) is 24.1 Å². The Morgan fingerprint density at radius 1 is 1.44 bits per heavy atom. The Labute approximate surface area is 111 Å². The molecule has 0 radical (unpaired) electrons. The molecular formula is C13H18BrClO. The van der Waals surface area contributed by atoms with Gasteiger partial charge in [-0.2, -0.15) is 0 Å². The van der Waals surface area contributed by atoms with Crippen LogP contribution in [0.3, 0.4) is 0 Å². The third kappa shape index (κ3) is 4.44. The summed E-state index contributed by atoms with van der Waals surface area (Å²) in [5, 5.41) is 1.80. The number of benzene rings is 1. The highest BCUT2D eigenvalue weighted by atomic mass is 79.9. The van der Waals surface area contributed by atoms with E-state index in [2.05, 4.69) is 28.9 Å². The predicted molar refractivity (Wildman–Crippen MR) is 73.5 cm³/mol. The lowest BCUT2D eigenvalue weighted by Crippen LogP contribution is -2.20. The van der Waals surface area contributed by atoms with E-state index < -0.39 is 0 Å². The smallest absolute Gasteiger partial charge is 0.0490 e. The van der Waals surface area contributed by atoms with Crippen molar-refractivity contribution in [3.8, 4) is 0 Å². The van der Waals surface area contributed by atoms with Gasteiger partial charge in [-0.1, -0.05) is 46.6 Å². The SMILES string of the molecule is COCC(C)C(CBr)Cc1cccc(Cl)c1. The van der Waals surface area contributed by atoms with E-state index in [1.165, 1.54) is 5.56 Å². The second-order valence-electron chi connectivity index (χ2n) is 4.18. The number of hydrogen-bond donors (Lipinski definition) is 0. The normalized spacial score (nSPS) is 14.8. The van der Waals surface area contributed by atoms with Gasteiger partial charge in [-0.05, 0) is 36.0 Å². The molecule has 90 valence electrons. The van der Waals surface area contributed by atoms with Crippen LogP contribution in [0.4, 0.5) is 0 Å². The van der Waals surface area contributed by atoms with E-state index >= 15 is 0 Å². The standard InChI is InChI=1S/C13H18BrClO/c1-10(9-16-2)12(8-14)6-11-4-3-5-13(15)7-11/h3-5,7,10,12H,6,8-9H2,1-2H3. The molecule has 1 aromatic rings. The van der Waals surface area contributed by atoms with Crippen molar-refractivity contribution in [1.82, 2.24) is 0 Å². The molecule has 0 spiro atoms. The van der Waals surface area contributed by atoms with Gasteiger partial charge in [-0.25, -0.2) is 0 Å². The predicted octanol–water partition coefficient (Wildman–Crippen LogP) is 4.18. The van der Waals surface area contributed by atoms with E-state index in [-0.39, 0.29) is 0 Å². The number of halogens is 2. The molecule has 0 saturated heterocycles. The number of ether oxygens (including phenoxy) is 1. The summed E-state index contributed by atoms with van der Waals surface area (Å²) < 4.78 is 5.20. The van der Waals surface area contributed by atoms with Gasteiger partial charge in [0.25, 0.3) is 0 Å². The fourth-order valence-electron chi connectivity index (χ4n) is 1.77. The molecule has 16 heavy (non-hydrogen) atoms. The Balaban J connectivity index is 2.62. The van der Waals surface area contributed by atoms with Crippen molar-refractivity contribution in [3.05, 3.63) is 34.9 Å². The summed E-state index contributed by atoms with van der Waals surface area (Å²) in [6.45, 7) is 3.02. The Morgan fingerprint density at radius 2 is 2.19 bits per heavy atom. The number of hydrogen-bond acceptors (Lipinski definition) is 1. The minimum Gasteiger partial charge on any atom is -0.384 e. The highest BCUT2D eigenvalue weighted by Crippen LogP contribution is 2.21. The molecule has 1 rings (SSSR count). The molecule has 0 bridgehead atoms. The van der Waals surface area contributed by atoms with E-state index in [1.54, 1.807) is 7.11 Å². The lowest BCUT2D eigenvalue weighted by molar-refractivity contribution is 0.135. The van der Waals surface area contributed by atoms with Crippen LogP contribution in [-0.2, 0) is 11.2 Å². The van der Waals surface area contributed by atoms with Gasteiger partial charge >= 0.3 is 0 Å². The topological polar surface area (TPSA) is 9.23 Å². The molecule has 3 heteroatoms. The van der Waals surface area contributed by atoms with Gasteiger partial charge in [-0.15, -0.1) is 0 Å². The molecule has 0 saturated carbocycles. The summed E-state index contributed by atoms with van der Waals surface area (Å²) >= 11 is 9.55. The third-order valence-electron chi connectivity index (χ3n) is 2.82. The fraction of sp³-hybridized carbons (Fsp3) is 0.538. The molecule has 1 nitrogen and oxygen atoms in total. The molecule has 2 unspecified atom stereocenters. The van der Waals surface area contributed by atoms with Crippen LogP contribution in [-0.4, -0.2) is 19.0 Å². The number of alkyl halides is 1. The zero-order valence-electron chi connectivity index (χ0n) is 9.75. The third-order valence-corrected chi connectivity index (χ3v) is 3.89. The van der Waals surface area contributed by atoms with Crippen LogP contribution in [0.2, 0.25) is 5.02 Å². The molecular weight excluding hydrogens is 287 g/mol. The first-order valence-corrected chi connectivity index (χ1v) is 6.96. The number of rotatable bonds is 6. The summed E-state index contributed by atoms with van der Waals surface area (Å²) in [5.74, 6) is 1.13. The van der Waals surface area contributed by atoms with E-state index in [0.717, 1.165) is 23.4 Å². The Morgan fingerprint density at radius 3 is 2.75 bits per heavy atom. The van der Waals surface area contributed by atoms with Crippen molar-refractivity contribution in [3.63, 3.8) is 0 Å². The van der Waals surface area contributed by atoms with Crippen LogP contribution in [0.15, 0.2) is 24.3 Å². The van der Waals surface area contributed by atoms with Gasteiger partial charge < -0.3 is 4.74 Å². The van der Waals surface area contributed by atoms with E-state index in [1.807, 2.05) is 18.2 Å². The Kier molecular flexibility index (Phi) is 6.40. The Hall–Kier alpha value is -0.0500. The minimum atomic E-state index is 0.545. The molecule has 0 fully saturated rings. The van der Waals surface area contributed by atoms with Crippen LogP contribution < -0.4 is 0 Å². The summed E-state index contributed by atoms with van der Waals surface area (Å²) in [4.78, 5) is 0. The first kappa shape index (κ1) is 14.0. The van der Waals surface area contributed by atoms with Crippen LogP contribution >= 0.6 is 27.5 Å². The summed E-state index contributed by atoms with van der Waals surface area (Å²) in [7, 11) is 1.75. The maximum Gasteiger partial charge on any atom is 0.0490 e. The van der Waals surface area contributed by atoms with Crippen LogP contribution in [0.5, 0.6) is 0 Å². The van der Waals surface area contributed by atoms with Gasteiger partial charge in [0.1, 0.15) is 0 Å². The number of methoxy groups -OCH3 is 1. The van der Waals surface area contributed by atoms with Crippen LogP contribution in [0.25, 0.3) is 0 Å². The zero-order chi connectivity index (χ0) is 12.0. The minimum absolute atomic E-state index is 0.545. The summed E-state index contributed by atoms with van der Waals surface area (Å²) in [6, 6.07) is 8.08. The molecule has 0 N–H and O–H groups in total.